The van der Waals surface area contributed by atoms with Crippen LogP contribution in [-0.2, 0) is 14.3 Å². The Hall–Kier alpha value is -3.33. The number of halogens is 1. The van der Waals surface area contributed by atoms with E-state index in [0.717, 1.165) is 5.56 Å². The third kappa shape index (κ3) is 5.56. The van der Waals surface area contributed by atoms with Crippen molar-refractivity contribution in [3.8, 4) is 0 Å². The summed E-state index contributed by atoms with van der Waals surface area (Å²) in [6.07, 6.45) is 4.73. The second-order valence-corrected chi connectivity index (χ2v) is 9.63. The van der Waals surface area contributed by atoms with E-state index in [4.69, 9.17) is 5.73 Å². The third-order valence-corrected chi connectivity index (χ3v) is 7.52. The van der Waals surface area contributed by atoms with Crippen LogP contribution in [0.2, 0.25) is 0 Å². The lowest BCUT2D eigenvalue weighted by atomic mass is 9.78. The van der Waals surface area contributed by atoms with Gasteiger partial charge in [0.15, 0.2) is 0 Å². The van der Waals surface area contributed by atoms with Crippen molar-refractivity contribution in [3.05, 3.63) is 59.8 Å². The zero-order chi connectivity index (χ0) is 25.7. The zero-order valence-corrected chi connectivity index (χ0v) is 20.4. The highest BCUT2D eigenvalue weighted by Gasteiger charge is 2.44. The van der Waals surface area contributed by atoms with Crippen LogP contribution in [0.1, 0.15) is 53.9 Å². The number of likely N-dealkylation sites (tertiary alicyclic amines) is 1. The number of amides is 2. The summed E-state index contributed by atoms with van der Waals surface area (Å²) in [6, 6.07) is 11.6. The number of alkyl halides is 1. The van der Waals surface area contributed by atoms with Crippen LogP contribution >= 0.6 is 0 Å². The Kier molecular flexibility index (Phi) is 8.30. The largest absolute Gasteiger partial charge is 0.465 e. The first kappa shape index (κ1) is 25.8. The molecule has 192 valence electrons. The van der Waals surface area contributed by atoms with E-state index in [1.165, 1.54) is 25.4 Å². The molecule has 1 aliphatic carbocycles. The van der Waals surface area contributed by atoms with Crippen molar-refractivity contribution in [2.24, 2.45) is 17.6 Å². The number of aromatic nitrogens is 1. The van der Waals surface area contributed by atoms with Gasteiger partial charge in [-0.15, -0.1) is 0 Å². The van der Waals surface area contributed by atoms with Crippen LogP contribution in [0, 0.1) is 11.8 Å². The van der Waals surface area contributed by atoms with Crippen molar-refractivity contribution >= 4 is 23.6 Å². The molecule has 4 rings (SSSR count). The second kappa shape index (κ2) is 11.6. The van der Waals surface area contributed by atoms with Crippen molar-refractivity contribution in [2.45, 2.75) is 50.1 Å². The molecule has 3 N–H and O–H groups in total. The van der Waals surface area contributed by atoms with E-state index < -0.39 is 24.7 Å². The van der Waals surface area contributed by atoms with Gasteiger partial charge in [-0.3, -0.25) is 9.59 Å². The van der Waals surface area contributed by atoms with Gasteiger partial charge >= 0.3 is 5.97 Å². The normalized spacial score (nSPS) is 24.7. The molecule has 0 bridgehead atoms. The van der Waals surface area contributed by atoms with Crippen LogP contribution in [-0.4, -0.2) is 60.1 Å². The maximum Gasteiger partial charge on any atom is 0.339 e. The molecule has 2 heterocycles. The molecule has 1 unspecified atom stereocenters. The predicted molar refractivity (Wildman–Crippen MR) is 133 cm³/mol. The number of nitrogens with two attached hydrogens (primary N) is 1. The summed E-state index contributed by atoms with van der Waals surface area (Å²) in [6.45, 7) is -0.0693. The van der Waals surface area contributed by atoms with Gasteiger partial charge in [0.1, 0.15) is 18.5 Å². The van der Waals surface area contributed by atoms with E-state index in [2.05, 4.69) is 15.0 Å². The van der Waals surface area contributed by atoms with Crippen LogP contribution in [0.25, 0.3) is 0 Å². The van der Waals surface area contributed by atoms with Gasteiger partial charge in [-0.05, 0) is 55.7 Å². The monoisotopic (exact) mass is 496 g/mol. The molecule has 1 saturated heterocycles. The molecule has 2 aromatic rings. The minimum Gasteiger partial charge on any atom is -0.465 e. The number of nitrogens with one attached hydrogen (secondary N) is 1. The van der Waals surface area contributed by atoms with Gasteiger partial charge < -0.3 is 20.7 Å². The number of hydrogen-bond donors (Lipinski definition) is 2. The molecule has 0 radical (unpaired) electrons. The van der Waals surface area contributed by atoms with Crippen molar-refractivity contribution in [2.75, 3.05) is 25.6 Å². The first-order valence-corrected chi connectivity index (χ1v) is 12.4. The first-order chi connectivity index (χ1) is 17.4. The highest BCUT2D eigenvalue weighted by Crippen LogP contribution is 2.38. The lowest BCUT2D eigenvalue weighted by molar-refractivity contribution is -0.141. The summed E-state index contributed by atoms with van der Waals surface area (Å²) < 4.78 is 17.7. The summed E-state index contributed by atoms with van der Waals surface area (Å²) in [5, 5.41) is 2.83. The Balaban J connectivity index is 1.52. The number of carbonyl (C=O) groups is 3. The fourth-order valence-electron chi connectivity index (χ4n) is 5.47. The maximum atomic E-state index is 13.6. The molecular formula is C27H33FN4O4. The number of nitrogens with zero attached hydrogens (tertiary/aromatic N) is 2. The van der Waals surface area contributed by atoms with Crippen LogP contribution < -0.4 is 11.1 Å². The molecule has 8 nitrogen and oxygen atoms in total. The lowest BCUT2D eigenvalue weighted by Crippen LogP contribution is -2.48. The van der Waals surface area contributed by atoms with E-state index in [1.807, 2.05) is 30.3 Å². The highest BCUT2D eigenvalue weighted by atomic mass is 19.1. The van der Waals surface area contributed by atoms with Crippen LogP contribution in [0.15, 0.2) is 48.7 Å². The summed E-state index contributed by atoms with van der Waals surface area (Å²) in [4.78, 5) is 44.7. The summed E-state index contributed by atoms with van der Waals surface area (Å²) in [7, 11) is 1.29. The molecule has 36 heavy (non-hydrogen) atoms. The fraction of sp³-hybridized carbons (Fsp3) is 0.481. The number of pyridine rings is 1. The van der Waals surface area contributed by atoms with E-state index in [9.17, 15) is 18.8 Å². The van der Waals surface area contributed by atoms with Gasteiger partial charge in [-0.2, -0.15) is 0 Å². The molecule has 1 saturated carbocycles. The Morgan fingerprint density at radius 1 is 1.11 bits per heavy atom. The van der Waals surface area contributed by atoms with E-state index in [1.54, 1.807) is 4.90 Å². The number of anilines is 1. The predicted octanol–water partition coefficient (Wildman–Crippen LogP) is 3.29. The maximum absolute atomic E-state index is 13.6. The molecule has 9 heteroatoms. The van der Waals surface area contributed by atoms with Crippen molar-refractivity contribution in [3.63, 3.8) is 0 Å². The van der Waals surface area contributed by atoms with Gasteiger partial charge in [0, 0.05) is 30.6 Å². The van der Waals surface area contributed by atoms with Gasteiger partial charge in [-0.1, -0.05) is 30.3 Å². The number of methoxy groups -OCH3 is 1. The number of hydrogen-bond acceptors (Lipinski definition) is 6. The second-order valence-electron chi connectivity index (χ2n) is 9.63. The summed E-state index contributed by atoms with van der Waals surface area (Å²) in [5.41, 5.74) is 7.16. The van der Waals surface area contributed by atoms with Crippen molar-refractivity contribution in [1.82, 2.24) is 9.88 Å². The molecule has 1 aromatic heterocycles. The van der Waals surface area contributed by atoms with Crippen LogP contribution in [0.5, 0.6) is 0 Å². The molecule has 2 fully saturated rings. The quantitative estimate of drug-likeness (QED) is 0.569. The number of ether oxygens (including phenoxy) is 1. The van der Waals surface area contributed by atoms with Crippen LogP contribution in [0.3, 0.4) is 0 Å². The Labute approximate surface area is 210 Å². The minimum atomic E-state index is -0.687. The number of carbonyl (C=O) groups excluding carboxylic acids is 3. The fourth-order valence-corrected chi connectivity index (χ4v) is 5.47. The van der Waals surface area contributed by atoms with E-state index >= 15 is 0 Å². The molecule has 1 aliphatic heterocycles. The Morgan fingerprint density at radius 2 is 1.83 bits per heavy atom. The zero-order valence-electron chi connectivity index (χ0n) is 20.4. The summed E-state index contributed by atoms with van der Waals surface area (Å²) in [5.74, 6) is -0.835. The number of benzene rings is 1. The van der Waals surface area contributed by atoms with Gasteiger partial charge in [0.25, 0.3) is 0 Å². The first-order valence-electron chi connectivity index (χ1n) is 12.4. The Morgan fingerprint density at radius 3 is 2.44 bits per heavy atom. The van der Waals surface area contributed by atoms with Gasteiger partial charge in [-0.25, -0.2) is 14.2 Å². The Bertz CT molecular complexity index is 1060. The van der Waals surface area contributed by atoms with Gasteiger partial charge in [0.05, 0.1) is 12.7 Å². The smallest absolute Gasteiger partial charge is 0.339 e. The number of rotatable bonds is 7. The molecule has 1 aromatic carbocycles. The standard InChI is InChI=1S/C27H33FN4O4/c1-36-27(35)20-11-12-23(30-16-20)31-25(33)24-21(17-5-3-2-4-6-17)13-14-32(24)26(34)19-9-7-18(8-10-19)22(29)15-28/h2-6,11-12,16,18-19,21-22,24H,7-10,13-15,29H2,1H3,(H,30,31,33)/t18?,19?,21-,22?,24+/m1/s1. The topological polar surface area (TPSA) is 115 Å². The average molecular weight is 497 g/mol. The van der Waals surface area contributed by atoms with Gasteiger partial charge in [0.2, 0.25) is 11.8 Å². The van der Waals surface area contributed by atoms with E-state index in [0.29, 0.717) is 44.5 Å². The SMILES string of the molecule is COC(=O)c1ccc(NC(=O)[C@@H]2[C@@H](c3ccccc3)CCN2C(=O)C2CCC(C(N)CF)CC2)nc1. The summed E-state index contributed by atoms with van der Waals surface area (Å²) >= 11 is 0. The van der Waals surface area contributed by atoms with Crippen molar-refractivity contribution in [1.29, 1.82) is 0 Å². The highest BCUT2D eigenvalue weighted by molar-refractivity contribution is 5.98. The number of esters is 1. The lowest BCUT2D eigenvalue weighted by Gasteiger charge is -2.34. The van der Waals surface area contributed by atoms with Crippen molar-refractivity contribution < 1.29 is 23.5 Å². The third-order valence-electron chi connectivity index (χ3n) is 7.52. The molecule has 2 amide bonds. The van der Waals surface area contributed by atoms with E-state index in [-0.39, 0.29) is 35.1 Å². The molecule has 0 spiro atoms. The molecule has 2 aliphatic rings. The molecule has 3 atom stereocenters. The minimum absolute atomic E-state index is 0.0325. The molecular weight excluding hydrogens is 463 g/mol. The van der Waals surface area contributed by atoms with Crippen LogP contribution in [0.4, 0.5) is 10.2 Å². The average Bonchev–Trinajstić information content (AvgIpc) is 3.38.